The van der Waals surface area contributed by atoms with E-state index in [1.165, 1.54) is 193 Å². The van der Waals surface area contributed by atoms with Crippen LogP contribution in [0.25, 0.3) is 0 Å². The summed E-state index contributed by atoms with van der Waals surface area (Å²) in [4.78, 5) is 12.4. The Balaban J connectivity index is 3.36. The highest BCUT2D eigenvalue weighted by Crippen LogP contribution is 2.17. The van der Waals surface area contributed by atoms with E-state index < -0.39 is 12.1 Å². The number of aliphatic hydroxyl groups excluding tert-OH is 2. The highest BCUT2D eigenvalue weighted by atomic mass is 16.3. The summed E-state index contributed by atoms with van der Waals surface area (Å²) in [6.45, 7) is 4.14. The van der Waals surface area contributed by atoms with Gasteiger partial charge in [-0.3, -0.25) is 4.79 Å². The van der Waals surface area contributed by atoms with E-state index in [9.17, 15) is 15.0 Å². The first-order chi connectivity index (χ1) is 30.7. The second-order valence-corrected chi connectivity index (χ2v) is 18.3. The summed E-state index contributed by atoms with van der Waals surface area (Å²) < 4.78 is 0. The minimum Gasteiger partial charge on any atom is -0.394 e. The molecule has 0 aliphatic carbocycles. The summed E-state index contributed by atoms with van der Waals surface area (Å²) in [5.74, 6) is -0.0740. The Morgan fingerprint density at radius 2 is 0.726 bits per heavy atom. The maximum Gasteiger partial charge on any atom is 0.220 e. The summed E-state index contributed by atoms with van der Waals surface area (Å²) in [6, 6.07) is -0.636. The molecule has 0 rings (SSSR count). The fourth-order valence-corrected chi connectivity index (χ4v) is 8.07. The molecule has 2 unspecified atom stereocenters. The summed E-state index contributed by atoms with van der Waals surface area (Å²) in [7, 11) is 0. The SMILES string of the molecule is CC/C=C\C/C=C\C/C=C\C/C=C\CCCCCCCCCCCCCCCCCCCCCCCCCCCCCCC(=O)NC(CO)C(O)/C=C/CC/C=C/CCCCC. The highest BCUT2D eigenvalue weighted by Gasteiger charge is 2.17. The fourth-order valence-electron chi connectivity index (χ4n) is 8.07. The molecule has 0 aromatic rings. The molecule has 3 N–H and O–H groups in total. The molecule has 4 nitrogen and oxygen atoms in total. The van der Waals surface area contributed by atoms with Crippen LogP contribution in [0.4, 0.5) is 0 Å². The van der Waals surface area contributed by atoms with Gasteiger partial charge in [0.15, 0.2) is 0 Å². The van der Waals surface area contributed by atoms with Gasteiger partial charge in [0.1, 0.15) is 0 Å². The van der Waals surface area contributed by atoms with Crippen LogP contribution in [0.2, 0.25) is 0 Å². The van der Waals surface area contributed by atoms with Crippen LogP contribution in [-0.4, -0.2) is 34.9 Å². The van der Waals surface area contributed by atoms with E-state index in [0.717, 1.165) is 57.8 Å². The maximum absolute atomic E-state index is 12.4. The largest absolute Gasteiger partial charge is 0.394 e. The van der Waals surface area contributed by atoms with Gasteiger partial charge in [0.2, 0.25) is 5.91 Å². The molecule has 62 heavy (non-hydrogen) atoms. The lowest BCUT2D eigenvalue weighted by Gasteiger charge is -2.19. The molecule has 0 heterocycles. The molecule has 0 bridgehead atoms. The number of carbonyl (C=O) groups excluding carboxylic acids is 1. The average Bonchev–Trinajstić information content (AvgIpc) is 3.28. The van der Waals surface area contributed by atoms with E-state index in [4.69, 9.17) is 0 Å². The fraction of sp³-hybridized carbons (Fsp3) is 0.776. The Morgan fingerprint density at radius 1 is 0.403 bits per heavy atom. The van der Waals surface area contributed by atoms with Crippen LogP contribution in [-0.2, 0) is 4.79 Å². The lowest BCUT2D eigenvalue weighted by molar-refractivity contribution is -0.123. The number of nitrogens with one attached hydrogen (secondary N) is 1. The topological polar surface area (TPSA) is 69.6 Å². The molecule has 0 radical (unpaired) electrons. The van der Waals surface area contributed by atoms with Gasteiger partial charge in [-0.15, -0.1) is 0 Å². The van der Waals surface area contributed by atoms with Crippen molar-refractivity contribution in [3.05, 3.63) is 72.9 Å². The van der Waals surface area contributed by atoms with Gasteiger partial charge in [-0.1, -0.05) is 267 Å². The van der Waals surface area contributed by atoms with Crippen LogP contribution in [0.15, 0.2) is 72.9 Å². The Bertz CT molecular complexity index is 1070. The van der Waals surface area contributed by atoms with E-state index >= 15 is 0 Å². The Hall–Kier alpha value is -2.17. The molecule has 0 aliphatic rings. The molecule has 2 atom stereocenters. The van der Waals surface area contributed by atoms with Gasteiger partial charge in [-0.25, -0.2) is 0 Å². The number of aliphatic hydroxyl groups is 2. The van der Waals surface area contributed by atoms with Crippen molar-refractivity contribution in [1.29, 1.82) is 0 Å². The van der Waals surface area contributed by atoms with Crippen molar-refractivity contribution in [2.24, 2.45) is 0 Å². The Labute approximate surface area is 387 Å². The standard InChI is InChI=1S/C58H105NO3/c1-3-5-7-9-11-13-14-15-16-17-18-19-20-21-22-23-24-25-26-27-28-29-30-31-32-33-34-35-36-37-38-39-40-41-42-43-44-46-48-50-52-54-58(62)59-56(55-60)57(61)53-51-49-47-45-12-10-8-6-4-2/h5,7,11-13,15-16,18-19,45,51,53,56-57,60-61H,3-4,6,8-10,14,17,20-44,46-50,52,54-55H2,1-2H3,(H,59,62)/b7-5-,13-11-,16-15-,19-18-,45-12+,53-51+. The van der Waals surface area contributed by atoms with Crippen molar-refractivity contribution < 1.29 is 15.0 Å². The summed E-state index contributed by atoms with van der Waals surface area (Å²) in [6.07, 6.45) is 76.7. The zero-order valence-electron chi connectivity index (χ0n) is 41.4. The van der Waals surface area contributed by atoms with Crippen molar-refractivity contribution in [2.75, 3.05) is 6.61 Å². The maximum atomic E-state index is 12.4. The van der Waals surface area contributed by atoms with Crippen LogP contribution in [0, 0.1) is 0 Å². The average molecular weight is 864 g/mol. The predicted molar refractivity (Wildman–Crippen MR) is 276 cm³/mol. The first-order valence-corrected chi connectivity index (χ1v) is 27.2. The molecule has 1 amide bonds. The monoisotopic (exact) mass is 864 g/mol. The third-order valence-electron chi connectivity index (χ3n) is 12.2. The molecule has 0 aromatic carbocycles. The number of hydrogen-bond acceptors (Lipinski definition) is 3. The zero-order valence-corrected chi connectivity index (χ0v) is 41.4. The first kappa shape index (κ1) is 59.8. The second kappa shape index (κ2) is 53.2. The number of rotatable bonds is 49. The molecule has 360 valence electrons. The lowest BCUT2D eigenvalue weighted by atomic mass is 10.0. The number of allylic oxidation sites excluding steroid dienone is 11. The van der Waals surface area contributed by atoms with Crippen molar-refractivity contribution in [3.8, 4) is 0 Å². The number of unbranched alkanes of at least 4 members (excludes halogenated alkanes) is 32. The van der Waals surface area contributed by atoms with E-state index in [1.807, 2.05) is 6.08 Å². The van der Waals surface area contributed by atoms with Crippen LogP contribution < -0.4 is 5.32 Å². The van der Waals surface area contributed by atoms with Gasteiger partial charge in [0.25, 0.3) is 0 Å². The number of amides is 1. The number of carbonyl (C=O) groups is 1. The Morgan fingerprint density at radius 3 is 1.13 bits per heavy atom. The molecule has 4 heteroatoms. The minimum atomic E-state index is -0.859. The summed E-state index contributed by atoms with van der Waals surface area (Å²) >= 11 is 0. The van der Waals surface area contributed by atoms with Crippen LogP contribution >= 0.6 is 0 Å². The van der Waals surface area contributed by atoms with Gasteiger partial charge >= 0.3 is 0 Å². The molecular formula is C58H105NO3. The summed E-state index contributed by atoms with van der Waals surface area (Å²) in [5.41, 5.74) is 0. The van der Waals surface area contributed by atoms with Crippen molar-refractivity contribution >= 4 is 5.91 Å². The van der Waals surface area contributed by atoms with E-state index in [1.54, 1.807) is 6.08 Å². The van der Waals surface area contributed by atoms with Crippen LogP contribution in [0.5, 0.6) is 0 Å². The van der Waals surface area contributed by atoms with Crippen molar-refractivity contribution in [2.45, 2.75) is 283 Å². The van der Waals surface area contributed by atoms with Crippen LogP contribution in [0.3, 0.4) is 0 Å². The van der Waals surface area contributed by atoms with Crippen LogP contribution in [0.1, 0.15) is 271 Å². The quantitative estimate of drug-likeness (QED) is 0.0421. The zero-order chi connectivity index (χ0) is 44.9. The van der Waals surface area contributed by atoms with E-state index in [2.05, 4.69) is 79.9 Å². The molecular weight excluding hydrogens is 759 g/mol. The molecule has 0 aliphatic heterocycles. The molecule has 0 fully saturated rings. The van der Waals surface area contributed by atoms with E-state index in [-0.39, 0.29) is 12.5 Å². The van der Waals surface area contributed by atoms with Gasteiger partial charge < -0.3 is 15.5 Å². The van der Waals surface area contributed by atoms with Gasteiger partial charge in [-0.2, -0.15) is 0 Å². The second-order valence-electron chi connectivity index (χ2n) is 18.3. The smallest absolute Gasteiger partial charge is 0.220 e. The number of hydrogen-bond donors (Lipinski definition) is 3. The van der Waals surface area contributed by atoms with Gasteiger partial charge in [0, 0.05) is 6.42 Å². The first-order valence-electron chi connectivity index (χ1n) is 27.2. The molecule has 0 saturated carbocycles. The lowest BCUT2D eigenvalue weighted by Crippen LogP contribution is -2.45. The Kier molecular flexibility index (Phi) is 51.3. The minimum absolute atomic E-state index is 0.0740. The third-order valence-corrected chi connectivity index (χ3v) is 12.2. The molecule has 0 saturated heterocycles. The molecule has 0 aromatic heterocycles. The van der Waals surface area contributed by atoms with E-state index in [0.29, 0.717) is 6.42 Å². The van der Waals surface area contributed by atoms with Gasteiger partial charge in [0.05, 0.1) is 18.8 Å². The van der Waals surface area contributed by atoms with Crippen molar-refractivity contribution in [1.82, 2.24) is 5.32 Å². The van der Waals surface area contributed by atoms with Gasteiger partial charge in [-0.05, 0) is 70.6 Å². The predicted octanol–water partition coefficient (Wildman–Crippen LogP) is 17.8. The third kappa shape index (κ3) is 48.9. The molecule has 0 spiro atoms. The highest BCUT2D eigenvalue weighted by molar-refractivity contribution is 5.76. The summed E-state index contributed by atoms with van der Waals surface area (Å²) in [5, 5.41) is 22.9. The van der Waals surface area contributed by atoms with Crippen molar-refractivity contribution in [3.63, 3.8) is 0 Å². The normalized spacial score (nSPS) is 13.4.